The van der Waals surface area contributed by atoms with E-state index in [1.807, 2.05) is 6.07 Å². The Bertz CT molecular complexity index is 590. The van der Waals surface area contributed by atoms with Crippen LogP contribution >= 0.6 is 23.4 Å². The topological polar surface area (TPSA) is 26.0 Å². The zero-order valence-corrected chi connectivity index (χ0v) is 11.6. The molecule has 0 unspecified atom stereocenters. The van der Waals surface area contributed by atoms with Crippen LogP contribution in [0.25, 0.3) is 0 Å². The maximum atomic E-state index is 13.6. The molecule has 0 bridgehead atoms. The molecule has 0 spiro atoms. The maximum Gasteiger partial charge on any atom is 0.140 e. The van der Waals surface area contributed by atoms with E-state index in [-0.39, 0.29) is 0 Å². The first-order valence-corrected chi connectivity index (χ1v) is 6.91. The molecule has 0 aliphatic heterocycles. The van der Waals surface area contributed by atoms with E-state index < -0.39 is 11.6 Å². The molecule has 0 radical (unpaired) electrons. The Morgan fingerprint density at radius 2 is 1.89 bits per heavy atom. The van der Waals surface area contributed by atoms with Crippen LogP contribution in [-0.2, 0) is 6.42 Å². The van der Waals surface area contributed by atoms with Crippen molar-refractivity contribution < 1.29 is 8.78 Å². The minimum absolute atomic E-state index is 0.363. The Balaban J connectivity index is 2.35. The van der Waals surface area contributed by atoms with Crippen molar-refractivity contribution in [1.29, 1.82) is 0 Å². The van der Waals surface area contributed by atoms with Gasteiger partial charge in [0, 0.05) is 20.9 Å². The van der Waals surface area contributed by atoms with Crippen molar-refractivity contribution in [3.8, 4) is 0 Å². The van der Waals surface area contributed by atoms with Gasteiger partial charge in [-0.1, -0.05) is 29.4 Å². The summed E-state index contributed by atoms with van der Waals surface area (Å²) >= 11 is 7.34. The Kier molecular flexibility index (Phi) is 4.80. The van der Waals surface area contributed by atoms with Crippen LogP contribution in [0.4, 0.5) is 8.78 Å². The van der Waals surface area contributed by atoms with Gasteiger partial charge in [-0.25, -0.2) is 8.78 Å². The van der Waals surface area contributed by atoms with Crippen LogP contribution < -0.4 is 5.73 Å². The number of hydrogen-bond donors (Lipinski definition) is 1. The van der Waals surface area contributed by atoms with E-state index in [0.29, 0.717) is 22.9 Å². The van der Waals surface area contributed by atoms with E-state index >= 15 is 0 Å². The molecule has 0 atom stereocenters. The summed E-state index contributed by atoms with van der Waals surface area (Å²) in [4.78, 5) is 1.20. The minimum Gasteiger partial charge on any atom is -0.330 e. The molecule has 2 N–H and O–H groups in total. The van der Waals surface area contributed by atoms with Crippen molar-refractivity contribution in [3.63, 3.8) is 0 Å². The summed E-state index contributed by atoms with van der Waals surface area (Å²) in [5.41, 5.74) is 6.44. The molecule has 0 saturated heterocycles. The molecule has 1 nitrogen and oxygen atoms in total. The van der Waals surface area contributed by atoms with Gasteiger partial charge in [0.25, 0.3) is 0 Å². The zero-order valence-electron chi connectivity index (χ0n) is 10.00. The molecule has 0 fully saturated rings. The molecule has 0 heterocycles. The zero-order chi connectivity index (χ0) is 13.8. The van der Waals surface area contributed by atoms with Crippen LogP contribution in [0.5, 0.6) is 0 Å². The Labute approximate surface area is 119 Å². The fourth-order valence-electron chi connectivity index (χ4n) is 1.70. The molecule has 2 aromatic rings. The largest absolute Gasteiger partial charge is 0.330 e. The number of nitrogens with two attached hydrogens (primary N) is 1. The SMILES string of the molecule is NCCc1c(Cl)cccc1Sc1ccc(F)cc1F. The summed E-state index contributed by atoms with van der Waals surface area (Å²) in [7, 11) is 0. The normalized spacial score (nSPS) is 10.7. The van der Waals surface area contributed by atoms with Gasteiger partial charge in [0.1, 0.15) is 11.6 Å². The van der Waals surface area contributed by atoms with Crippen molar-refractivity contribution >= 4 is 23.4 Å². The van der Waals surface area contributed by atoms with E-state index in [2.05, 4.69) is 0 Å². The fourth-order valence-corrected chi connectivity index (χ4v) is 3.03. The van der Waals surface area contributed by atoms with Gasteiger partial charge in [0.2, 0.25) is 0 Å². The molecular formula is C14H12ClF2NS. The monoisotopic (exact) mass is 299 g/mol. The van der Waals surface area contributed by atoms with Crippen LogP contribution in [0.3, 0.4) is 0 Å². The van der Waals surface area contributed by atoms with E-state index in [1.165, 1.54) is 23.9 Å². The second-order valence-electron chi connectivity index (χ2n) is 3.93. The van der Waals surface area contributed by atoms with Crippen LogP contribution in [0.2, 0.25) is 5.02 Å². The molecule has 19 heavy (non-hydrogen) atoms. The van der Waals surface area contributed by atoms with Crippen LogP contribution in [-0.4, -0.2) is 6.54 Å². The highest BCUT2D eigenvalue weighted by Gasteiger charge is 2.11. The van der Waals surface area contributed by atoms with Gasteiger partial charge in [-0.15, -0.1) is 0 Å². The third-order valence-electron chi connectivity index (χ3n) is 2.58. The van der Waals surface area contributed by atoms with Crippen molar-refractivity contribution in [3.05, 3.63) is 58.6 Å². The van der Waals surface area contributed by atoms with E-state index in [1.54, 1.807) is 12.1 Å². The molecule has 0 amide bonds. The molecule has 0 aliphatic carbocycles. The number of benzene rings is 2. The van der Waals surface area contributed by atoms with Gasteiger partial charge in [-0.3, -0.25) is 0 Å². The van der Waals surface area contributed by atoms with Gasteiger partial charge in [-0.2, -0.15) is 0 Å². The van der Waals surface area contributed by atoms with Crippen molar-refractivity contribution in [1.82, 2.24) is 0 Å². The van der Waals surface area contributed by atoms with Gasteiger partial charge in [0.15, 0.2) is 0 Å². The number of halogens is 3. The molecule has 0 aromatic heterocycles. The van der Waals surface area contributed by atoms with Crippen LogP contribution in [0, 0.1) is 11.6 Å². The third kappa shape index (κ3) is 3.47. The Morgan fingerprint density at radius 3 is 2.58 bits per heavy atom. The molecule has 2 rings (SSSR count). The molecule has 0 aliphatic rings. The highest BCUT2D eigenvalue weighted by atomic mass is 35.5. The minimum atomic E-state index is -0.588. The predicted molar refractivity (Wildman–Crippen MR) is 74.7 cm³/mol. The first-order chi connectivity index (χ1) is 9.11. The first-order valence-electron chi connectivity index (χ1n) is 5.72. The van der Waals surface area contributed by atoms with Crippen molar-refractivity contribution in [2.45, 2.75) is 16.2 Å². The highest BCUT2D eigenvalue weighted by Crippen LogP contribution is 2.35. The lowest BCUT2D eigenvalue weighted by Gasteiger charge is -2.10. The third-order valence-corrected chi connectivity index (χ3v) is 4.09. The lowest BCUT2D eigenvalue weighted by molar-refractivity contribution is 0.565. The molecule has 2 aromatic carbocycles. The molecule has 0 saturated carbocycles. The summed E-state index contributed by atoms with van der Waals surface area (Å²) in [6, 6.07) is 8.95. The van der Waals surface area contributed by atoms with Gasteiger partial charge < -0.3 is 5.73 Å². The summed E-state index contributed by atoms with van der Waals surface area (Å²) in [6.07, 6.45) is 0.616. The summed E-state index contributed by atoms with van der Waals surface area (Å²) in [5.74, 6) is -1.17. The van der Waals surface area contributed by atoms with E-state index in [4.69, 9.17) is 17.3 Å². The predicted octanol–water partition coefficient (Wildman–Crippen LogP) is 4.27. The standard InChI is InChI=1S/C14H12ClF2NS/c15-11-2-1-3-13(10(11)6-7-18)19-14-5-4-9(16)8-12(14)17/h1-5,8H,6-7,18H2. The Morgan fingerprint density at radius 1 is 1.11 bits per heavy atom. The quantitative estimate of drug-likeness (QED) is 0.912. The first kappa shape index (κ1) is 14.3. The summed E-state index contributed by atoms with van der Waals surface area (Å²) < 4.78 is 26.5. The molecule has 5 heteroatoms. The van der Waals surface area contributed by atoms with Gasteiger partial charge >= 0.3 is 0 Å². The van der Waals surface area contributed by atoms with Crippen molar-refractivity contribution in [2.75, 3.05) is 6.54 Å². The molecule has 100 valence electrons. The van der Waals surface area contributed by atoms with E-state index in [9.17, 15) is 8.78 Å². The molecular weight excluding hydrogens is 288 g/mol. The lowest BCUT2D eigenvalue weighted by Crippen LogP contribution is -2.04. The second-order valence-corrected chi connectivity index (χ2v) is 5.42. The summed E-state index contributed by atoms with van der Waals surface area (Å²) in [6.45, 7) is 0.462. The number of hydrogen-bond acceptors (Lipinski definition) is 2. The smallest absolute Gasteiger partial charge is 0.140 e. The Hall–Kier alpha value is -1.10. The average Bonchev–Trinajstić information content (AvgIpc) is 2.37. The van der Waals surface area contributed by atoms with E-state index in [0.717, 1.165) is 16.5 Å². The van der Waals surface area contributed by atoms with Crippen molar-refractivity contribution in [2.24, 2.45) is 5.73 Å². The second kappa shape index (κ2) is 6.37. The van der Waals surface area contributed by atoms with Crippen LogP contribution in [0.15, 0.2) is 46.2 Å². The lowest BCUT2D eigenvalue weighted by atomic mass is 10.1. The fraction of sp³-hybridized carbons (Fsp3) is 0.143. The average molecular weight is 300 g/mol. The maximum absolute atomic E-state index is 13.6. The van der Waals surface area contributed by atoms with Gasteiger partial charge in [0.05, 0.1) is 0 Å². The van der Waals surface area contributed by atoms with Gasteiger partial charge in [-0.05, 0) is 42.8 Å². The highest BCUT2D eigenvalue weighted by molar-refractivity contribution is 7.99. The van der Waals surface area contributed by atoms with Crippen LogP contribution in [0.1, 0.15) is 5.56 Å². The number of rotatable bonds is 4. The summed E-state index contributed by atoms with van der Waals surface area (Å²) in [5, 5.41) is 0.609.